The van der Waals surface area contributed by atoms with Crippen LogP contribution >= 0.6 is 24.4 Å². The van der Waals surface area contributed by atoms with Crippen LogP contribution < -0.4 is 0 Å². The minimum Gasteiger partial charge on any atom is -0.172 e. The molecule has 1 aliphatic heterocycles. The lowest BCUT2D eigenvalue weighted by Crippen LogP contribution is -2.43. The van der Waals surface area contributed by atoms with Gasteiger partial charge in [0.15, 0.2) is 0 Å². The van der Waals surface area contributed by atoms with Crippen molar-refractivity contribution in [3.8, 4) is 0 Å². The molecule has 0 amide bonds. The molecule has 0 aromatic heterocycles. The summed E-state index contributed by atoms with van der Waals surface area (Å²) in [5.41, 5.74) is 0.459. The van der Waals surface area contributed by atoms with Crippen LogP contribution in [0.3, 0.4) is 0 Å². The Morgan fingerprint density at radius 1 is 1.42 bits per heavy atom. The third-order valence-electron chi connectivity index (χ3n) is 3.38. The molecule has 0 nitrogen and oxygen atoms in total. The van der Waals surface area contributed by atoms with E-state index in [-0.39, 0.29) is 4.75 Å². The van der Waals surface area contributed by atoms with Gasteiger partial charge in [0.25, 0.3) is 0 Å². The Kier molecular flexibility index (Phi) is 3.10. The molecule has 0 spiro atoms. The largest absolute Gasteiger partial charge is 0.172 e. The highest BCUT2D eigenvalue weighted by Gasteiger charge is 2.47. The van der Waals surface area contributed by atoms with Crippen LogP contribution in [0, 0.1) is 11.3 Å². The number of thiol groups is 1. The quantitative estimate of drug-likeness (QED) is 0.672. The summed E-state index contributed by atoms with van der Waals surface area (Å²) in [6.07, 6.45) is 1.34. The Labute approximate surface area is 86.3 Å². The molecule has 1 unspecified atom stereocenters. The van der Waals surface area contributed by atoms with Gasteiger partial charge in [-0.2, -0.15) is 24.4 Å². The lowest BCUT2D eigenvalue weighted by Gasteiger charge is -2.44. The first-order chi connectivity index (χ1) is 5.40. The van der Waals surface area contributed by atoms with Crippen molar-refractivity contribution >= 4 is 24.4 Å². The summed E-state index contributed by atoms with van der Waals surface area (Å²) in [6, 6.07) is 0. The molecule has 0 saturated carbocycles. The van der Waals surface area contributed by atoms with E-state index in [4.69, 9.17) is 12.6 Å². The van der Waals surface area contributed by atoms with E-state index in [0.717, 1.165) is 5.92 Å². The molecule has 0 aliphatic carbocycles. The molecule has 1 rings (SSSR count). The zero-order chi connectivity index (χ0) is 9.41. The second kappa shape index (κ2) is 3.45. The minimum atomic E-state index is 0.171. The van der Waals surface area contributed by atoms with Crippen molar-refractivity contribution in [3.05, 3.63) is 0 Å². The normalized spacial score (nSPS) is 31.5. The van der Waals surface area contributed by atoms with Gasteiger partial charge in [0.05, 0.1) is 0 Å². The summed E-state index contributed by atoms with van der Waals surface area (Å²) in [5, 5.41) is 0. The molecule has 1 fully saturated rings. The fraction of sp³-hybridized carbons (Fsp3) is 1.00. The van der Waals surface area contributed by atoms with Crippen molar-refractivity contribution in [2.75, 3.05) is 11.5 Å². The van der Waals surface area contributed by atoms with E-state index in [1.54, 1.807) is 0 Å². The van der Waals surface area contributed by atoms with Crippen molar-refractivity contribution in [2.45, 2.75) is 38.9 Å². The van der Waals surface area contributed by atoms with E-state index in [0.29, 0.717) is 5.41 Å². The Morgan fingerprint density at radius 2 is 2.00 bits per heavy atom. The van der Waals surface area contributed by atoms with Crippen LogP contribution in [0.25, 0.3) is 0 Å². The maximum atomic E-state index is 4.76. The Balaban J connectivity index is 2.87. The summed E-state index contributed by atoms with van der Waals surface area (Å²) in [5.74, 6) is 3.36. The molecular formula is C10H20S2. The molecule has 72 valence electrons. The molecule has 0 radical (unpaired) electrons. The van der Waals surface area contributed by atoms with E-state index in [1.165, 1.54) is 17.9 Å². The van der Waals surface area contributed by atoms with Crippen molar-refractivity contribution in [2.24, 2.45) is 11.3 Å². The van der Waals surface area contributed by atoms with Crippen molar-refractivity contribution in [1.82, 2.24) is 0 Å². The third-order valence-corrected chi connectivity index (χ3v) is 5.03. The van der Waals surface area contributed by atoms with Gasteiger partial charge in [-0.1, -0.05) is 27.7 Å². The van der Waals surface area contributed by atoms with Crippen LogP contribution in [0.1, 0.15) is 34.1 Å². The van der Waals surface area contributed by atoms with Crippen molar-refractivity contribution < 1.29 is 0 Å². The molecular weight excluding hydrogens is 184 g/mol. The van der Waals surface area contributed by atoms with Crippen molar-refractivity contribution in [1.29, 1.82) is 0 Å². The summed E-state index contributed by atoms with van der Waals surface area (Å²) in [4.78, 5) is 0. The first-order valence-electron chi connectivity index (χ1n) is 4.70. The molecule has 1 atom stereocenters. The topological polar surface area (TPSA) is 0 Å². The smallest absolute Gasteiger partial charge is 0.0140 e. The molecule has 0 aromatic rings. The predicted molar refractivity (Wildman–Crippen MR) is 62.3 cm³/mol. The van der Waals surface area contributed by atoms with E-state index >= 15 is 0 Å². The van der Waals surface area contributed by atoms with Gasteiger partial charge in [0.1, 0.15) is 0 Å². The van der Waals surface area contributed by atoms with Crippen LogP contribution in [-0.4, -0.2) is 16.3 Å². The minimum absolute atomic E-state index is 0.171. The van der Waals surface area contributed by atoms with Gasteiger partial charge in [-0.3, -0.25) is 0 Å². The van der Waals surface area contributed by atoms with Gasteiger partial charge in [0.2, 0.25) is 0 Å². The molecule has 2 heteroatoms. The van der Waals surface area contributed by atoms with Gasteiger partial charge in [-0.15, -0.1) is 0 Å². The fourth-order valence-electron chi connectivity index (χ4n) is 2.23. The Bertz CT molecular complexity index is 150. The molecule has 1 heterocycles. The Morgan fingerprint density at radius 3 is 2.17 bits per heavy atom. The molecule has 1 aliphatic rings. The Hall–Kier alpha value is 0.700. The van der Waals surface area contributed by atoms with Crippen LogP contribution in [0.2, 0.25) is 0 Å². The first kappa shape index (κ1) is 10.8. The average Bonchev–Trinajstić information content (AvgIpc) is 2.31. The van der Waals surface area contributed by atoms with Crippen LogP contribution in [0.5, 0.6) is 0 Å². The van der Waals surface area contributed by atoms with Gasteiger partial charge in [-0.05, 0) is 23.5 Å². The van der Waals surface area contributed by atoms with Crippen molar-refractivity contribution in [3.63, 3.8) is 0 Å². The van der Waals surface area contributed by atoms with E-state index in [1.807, 2.05) is 0 Å². The number of hydrogen-bond acceptors (Lipinski definition) is 2. The second-order valence-corrected chi connectivity index (χ2v) is 6.90. The standard InChI is InChI=1S/C10H20S2/c1-8(2)10(9(3,4)11)5-6-12-7-10/h8,11H,5-7H2,1-4H3. The molecule has 0 N–H and O–H groups in total. The highest BCUT2D eigenvalue weighted by atomic mass is 32.2. The molecule has 0 aromatic carbocycles. The van der Waals surface area contributed by atoms with E-state index in [9.17, 15) is 0 Å². The fourth-order valence-corrected chi connectivity index (χ4v) is 4.64. The predicted octanol–water partition coefficient (Wildman–Crippen LogP) is 3.47. The summed E-state index contributed by atoms with van der Waals surface area (Å²) in [7, 11) is 0. The highest BCUT2D eigenvalue weighted by molar-refractivity contribution is 7.99. The lowest BCUT2D eigenvalue weighted by molar-refractivity contribution is 0.174. The lowest BCUT2D eigenvalue weighted by atomic mass is 9.68. The van der Waals surface area contributed by atoms with Gasteiger partial charge in [0, 0.05) is 10.5 Å². The van der Waals surface area contributed by atoms with Crippen LogP contribution in [0.4, 0.5) is 0 Å². The summed E-state index contributed by atoms with van der Waals surface area (Å²) < 4.78 is 0.171. The number of rotatable bonds is 2. The zero-order valence-corrected chi connectivity index (χ0v) is 10.3. The van der Waals surface area contributed by atoms with Crippen LogP contribution in [-0.2, 0) is 0 Å². The zero-order valence-electron chi connectivity index (χ0n) is 8.55. The highest BCUT2D eigenvalue weighted by Crippen LogP contribution is 2.52. The molecule has 12 heavy (non-hydrogen) atoms. The van der Waals surface area contributed by atoms with E-state index in [2.05, 4.69) is 39.5 Å². The third kappa shape index (κ3) is 1.65. The average molecular weight is 204 g/mol. The van der Waals surface area contributed by atoms with Gasteiger partial charge < -0.3 is 0 Å². The monoisotopic (exact) mass is 204 g/mol. The summed E-state index contributed by atoms with van der Waals surface area (Å²) in [6.45, 7) is 9.21. The second-order valence-electron chi connectivity index (χ2n) is 4.67. The number of thioether (sulfide) groups is 1. The summed E-state index contributed by atoms with van der Waals surface area (Å²) >= 11 is 6.85. The SMILES string of the molecule is CC(C)C1(C(C)(C)S)CCSC1. The molecule has 0 bridgehead atoms. The number of hydrogen-bond donors (Lipinski definition) is 1. The van der Waals surface area contributed by atoms with Gasteiger partial charge in [-0.25, -0.2) is 0 Å². The van der Waals surface area contributed by atoms with Crippen LogP contribution in [0.15, 0.2) is 0 Å². The maximum Gasteiger partial charge on any atom is 0.0140 e. The van der Waals surface area contributed by atoms with E-state index < -0.39 is 0 Å². The maximum absolute atomic E-state index is 4.76. The van der Waals surface area contributed by atoms with Gasteiger partial charge >= 0.3 is 0 Å². The molecule has 1 saturated heterocycles. The first-order valence-corrected chi connectivity index (χ1v) is 6.30.